The van der Waals surface area contributed by atoms with Crippen molar-refractivity contribution in [2.24, 2.45) is 17.3 Å². The average Bonchev–Trinajstić information content (AvgIpc) is 2.03. The highest BCUT2D eigenvalue weighted by Gasteiger charge is 2.35. The van der Waals surface area contributed by atoms with Crippen molar-refractivity contribution >= 4 is 0 Å². The molecule has 0 bridgehead atoms. The van der Waals surface area contributed by atoms with E-state index in [-0.39, 0.29) is 5.41 Å². The number of hydrogen-bond acceptors (Lipinski definition) is 0. The topological polar surface area (TPSA) is 0 Å². The zero-order chi connectivity index (χ0) is 10.5. The van der Waals surface area contributed by atoms with Crippen molar-refractivity contribution in [3.63, 3.8) is 0 Å². The fourth-order valence-corrected chi connectivity index (χ4v) is 1.93. The predicted octanol–water partition coefficient (Wildman–Crippen LogP) is 3.33. The first kappa shape index (κ1) is 12.1. The minimum atomic E-state index is 0.128. The third kappa shape index (κ3) is 2.53. The Morgan fingerprint density at radius 3 is 1.38 bits per heavy atom. The van der Waals surface area contributed by atoms with Crippen LogP contribution in [-0.4, -0.2) is 0 Å². The summed E-state index contributed by atoms with van der Waals surface area (Å²) < 4.78 is 0. The molecule has 0 saturated heterocycles. The van der Waals surface area contributed by atoms with Crippen LogP contribution in [0, 0.1) is 41.9 Å². The molecule has 0 amide bonds. The van der Waals surface area contributed by atoms with Crippen LogP contribution < -0.4 is 0 Å². The lowest BCUT2D eigenvalue weighted by molar-refractivity contribution is 0.124. The van der Waals surface area contributed by atoms with Gasteiger partial charge in [-0.25, -0.2) is 0 Å². The zero-order valence-electron chi connectivity index (χ0n) is 9.22. The van der Waals surface area contributed by atoms with Gasteiger partial charge in [0.2, 0.25) is 0 Å². The Bertz CT molecular complexity index is 193. The molecule has 0 aromatic rings. The van der Waals surface area contributed by atoms with Gasteiger partial charge in [-0.15, -0.1) is 24.7 Å². The van der Waals surface area contributed by atoms with Crippen LogP contribution in [0.4, 0.5) is 0 Å². The monoisotopic (exact) mass is 176 g/mol. The Kier molecular flexibility index (Phi) is 4.64. The molecular weight excluding hydrogens is 156 g/mol. The van der Waals surface area contributed by atoms with Gasteiger partial charge in [-0.2, -0.15) is 0 Å². The van der Waals surface area contributed by atoms with Crippen LogP contribution in [0.3, 0.4) is 0 Å². The van der Waals surface area contributed by atoms with Crippen molar-refractivity contribution in [2.45, 2.75) is 40.5 Å². The van der Waals surface area contributed by atoms with Crippen LogP contribution in [0.15, 0.2) is 0 Å². The molecule has 13 heavy (non-hydrogen) atoms. The second kappa shape index (κ2) is 4.98. The second-order valence-corrected chi connectivity index (χ2v) is 4.30. The van der Waals surface area contributed by atoms with Gasteiger partial charge in [0.05, 0.1) is 0 Å². The van der Waals surface area contributed by atoms with E-state index in [1.54, 1.807) is 0 Å². The molecule has 0 aliphatic rings. The highest BCUT2D eigenvalue weighted by molar-refractivity contribution is 5.04. The van der Waals surface area contributed by atoms with Gasteiger partial charge in [-0.05, 0) is 17.3 Å². The van der Waals surface area contributed by atoms with Crippen molar-refractivity contribution in [3.05, 3.63) is 0 Å². The quantitative estimate of drug-likeness (QED) is 0.576. The fraction of sp³-hybridized carbons (Fsp3) is 0.692. The van der Waals surface area contributed by atoms with Gasteiger partial charge in [0.15, 0.2) is 0 Å². The lowest BCUT2D eigenvalue weighted by Crippen LogP contribution is -2.32. The van der Waals surface area contributed by atoms with Crippen LogP contribution in [0.25, 0.3) is 0 Å². The highest BCUT2D eigenvalue weighted by atomic mass is 14.4. The molecule has 0 N–H and O–H groups in total. The maximum Gasteiger partial charge on any atom is 0.0157 e. The first-order valence-electron chi connectivity index (χ1n) is 4.88. The summed E-state index contributed by atoms with van der Waals surface area (Å²) in [5.41, 5.74) is 0.128. The molecule has 0 aliphatic heterocycles. The molecule has 0 fully saturated rings. The van der Waals surface area contributed by atoms with E-state index in [4.69, 9.17) is 12.8 Å². The van der Waals surface area contributed by atoms with Gasteiger partial charge in [0.1, 0.15) is 0 Å². The number of terminal acetylenes is 2. The van der Waals surface area contributed by atoms with E-state index in [2.05, 4.69) is 39.5 Å². The Labute approximate surface area is 83.1 Å². The van der Waals surface area contributed by atoms with E-state index in [1.807, 2.05) is 0 Å². The van der Waals surface area contributed by atoms with Crippen molar-refractivity contribution in [1.82, 2.24) is 0 Å². The van der Waals surface area contributed by atoms with Crippen LogP contribution in [-0.2, 0) is 0 Å². The van der Waals surface area contributed by atoms with Crippen molar-refractivity contribution in [2.75, 3.05) is 0 Å². The lowest BCUT2D eigenvalue weighted by atomic mass is 9.65. The molecular formula is C13H20. The second-order valence-electron chi connectivity index (χ2n) is 4.30. The summed E-state index contributed by atoms with van der Waals surface area (Å²) in [7, 11) is 0. The molecule has 0 aliphatic carbocycles. The molecule has 0 spiro atoms. The SMILES string of the molecule is C#CCC(CC#C)(C(C)C)C(C)C. The Morgan fingerprint density at radius 2 is 1.23 bits per heavy atom. The van der Waals surface area contributed by atoms with Gasteiger partial charge in [-0.3, -0.25) is 0 Å². The molecule has 0 aromatic heterocycles. The Balaban J connectivity index is 4.85. The summed E-state index contributed by atoms with van der Waals surface area (Å²) in [6, 6.07) is 0. The van der Waals surface area contributed by atoms with Gasteiger partial charge < -0.3 is 0 Å². The minimum Gasteiger partial charge on any atom is -0.120 e. The first-order valence-corrected chi connectivity index (χ1v) is 4.88. The van der Waals surface area contributed by atoms with Crippen molar-refractivity contribution in [3.8, 4) is 24.7 Å². The Morgan fingerprint density at radius 1 is 0.923 bits per heavy atom. The number of rotatable bonds is 4. The molecule has 0 unspecified atom stereocenters. The van der Waals surface area contributed by atoms with Crippen LogP contribution >= 0.6 is 0 Å². The molecule has 0 atom stereocenters. The fourth-order valence-electron chi connectivity index (χ4n) is 1.93. The van der Waals surface area contributed by atoms with Gasteiger partial charge in [-0.1, -0.05) is 27.7 Å². The van der Waals surface area contributed by atoms with Crippen LogP contribution in [0.5, 0.6) is 0 Å². The Hall–Kier alpha value is -0.880. The standard InChI is InChI=1S/C13H20/c1-7-9-13(10-8-2,11(3)4)12(5)6/h1-2,11-12H,9-10H2,3-6H3. The summed E-state index contributed by atoms with van der Waals surface area (Å²) in [5.74, 6) is 6.60. The van der Waals surface area contributed by atoms with Gasteiger partial charge in [0.25, 0.3) is 0 Å². The molecule has 0 heterocycles. The number of hydrogen-bond donors (Lipinski definition) is 0. The summed E-state index contributed by atoms with van der Waals surface area (Å²) in [5, 5.41) is 0. The summed E-state index contributed by atoms with van der Waals surface area (Å²) >= 11 is 0. The normalized spacial score (nSPS) is 11.4. The summed E-state index contributed by atoms with van der Waals surface area (Å²) in [6.07, 6.45) is 12.4. The third-order valence-electron chi connectivity index (χ3n) is 3.16. The lowest BCUT2D eigenvalue weighted by Gasteiger charge is -2.38. The predicted molar refractivity (Wildman–Crippen MR) is 59.0 cm³/mol. The average molecular weight is 176 g/mol. The van der Waals surface area contributed by atoms with Crippen molar-refractivity contribution < 1.29 is 0 Å². The molecule has 72 valence electrons. The molecule has 0 heteroatoms. The smallest absolute Gasteiger partial charge is 0.0157 e. The third-order valence-corrected chi connectivity index (χ3v) is 3.16. The maximum atomic E-state index is 5.40. The molecule has 0 rings (SSSR count). The highest BCUT2D eigenvalue weighted by Crippen LogP contribution is 2.41. The van der Waals surface area contributed by atoms with Crippen molar-refractivity contribution in [1.29, 1.82) is 0 Å². The summed E-state index contributed by atoms with van der Waals surface area (Å²) in [4.78, 5) is 0. The van der Waals surface area contributed by atoms with E-state index < -0.39 is 0 Å². The van der Waals surface area contributed by atoms with Crippen LogP contribution in [0.1, 0.15) is 40.5 Å². The van der Waals surface area contributed by atoms with E-state index in [0.717, 1.165) is 12.8 Å². The first-order chi connectivity index (χ1) is 6.01. The molecule has 0 nitrogen and oxygen atoms in total. The summed E-state index contributed by atoms with van der Waals surface area (Å²) in [6.45, 7) is 8.81. The van der Waals surface area contributed by atoms with Gasteiger partial charge in [0, 0.05) is 12.8 Å². The van der Waals surface area contributed by atoms with E-state index in [1.165, 1.54) is 0 Å². The van der Waals surface area contributed by atoms with E-state index >= 15 is 0 Å². The zero-order valence-corrected chi connectivity index (χ0v) is 9.22. The van der Waals surface area contributed by atoms with Crippen LogP contribution in [0.2, 0.25) is 0 Å². The largest absolute Gasteiger partial charge is 0.120 e. The van der Waals surface area contributed by atoms with Gasteiger partial charge >= 0.3 is 0 Å². The minimum absolute atomic E-state index is 0.128. The van der Waals surface area contributed by atoms with E-state index in [0.29, 0.717) is 11.8 Å². The van der Waals surface area contributed by atoms with E-state index in [9.17, 15) is 0 Å². The molecule has 0 saturated carbocycles. The molecule has 0 aromatic carbocycles. The maximum absolute atomic E-state index is 5.40. The molecule has 0 radical (unpaired) electrons.